The zero-order valence-corrected chi connectivity index (χ0v) is 13.6. The maximum absolute atomic E-state index is 5.79. The lowest BCUT2D eigenvalue weighted by molar-refractivity contribution is 0.298. The zero-order valence-electron chi connectivity index (χ0n) is 10.4. The van der Waals surface area contributed by atoms with Crippen LogP contribution in [-0.2, 0) is 11.9 Å². The van der Waals surface area contributed by atoms with Gasteiger partial charge in [-0.1, -0.05) is 15.9 Å². The fourth-order valence-corrected chi connectivity index (χ4v) is 2.24. The predicted molar refractivity (Wildman–Crippen MR) is 81.9 cm³/mol. The molecule has 0 unspecified atom stereocenters. The molecule has 0 atom stereocenters. The summed E-state index contributed by atoms with van der Waals surface area (Å²) in [5, 5.41) is 0.716. The molecule has 3 nitrogen and oxygen atoms in total. The van der Waals surface area contributed by atoms with Crippen molar-refractivity contribution in [2.75, 3.05) is 7.11 Å². The molecule has 0 aliphatic carbocycles. The average molecular weight is 387 g/mol. The van der Waals surface area contributed by atoms with E-state index in [4.69, 9.17) is 9.47 Å². The average Bonchev–Trinajstić information content (AvgIpc) is 2.46. The standard InChI is InChI=1S/C14H13Br2NO2/c1-18-13-4-5-14(10(6-13)7-15)19-9-12-3-2-11(16)8-17-12/h2-6,8H,7,9H2,1H3. The van der Waals surface area contributed by atoms with E-state index >= 15 is 0 Å². The minimum Gasteiger partial charge on any atom is -0.497 e. The summed E-state index contributed by atoms with van der Waals surface area (Å²) in [5.41, 5.74) is 1.94. The maximum Gasteiger partial charge on any atom is 0.130 e. The van der Waals surface area contributed by atoms with Crippen LogP contribution in [-0.4, -0.2) is 12.1 Å². The summed E-state index contributed by atoms with van der Waals surface area (Å²) >= 11 is 6.81. The Hall–Kier alpha value is -1.07. The maximum atomic E-state index is 5.79. The van der Waals surface area contributed by atoms with Crippen molar-refractivity contribution in [1.82, 2.24) is 4.98 Å². The first-order chi connectivity index (χ1) is 9.22. The molecule has 0 amide bonds. The van der Waals surface area contributed by atoms with Crippen LogP contribution >= 0.6 is 31.9 Å². The van der Waals surface area contributed by atoms with Gasteiger partial charge in [-0.25, -0.2) is 0 Å². The van der Waals surface area contributed by atoms with Crippen molar-refractivity contribution in [3.05, 3.63) is 52.3 Å². The second kappa shape index (κ2) is 6.91. The molecule has 0 radical (unpaired) electrons. The largest absolute Gasteiger partial charge is 0.497 e. The molecule has 0 aliphatic heterocycles. The Bertz CT molecular complexity index is 544. The molecule has 0 N–H and O–H groups in total. The minimum absolute atomic E-state index is 0.444. The van der Waals surface area contributed by atoms with Crippen LogP contribution in [0.1, 0.15) is 11.3 Å². The van der Waals surface area contributed by atoms with Crippen LogP contribution < -0.4 is 9.47 Å². The number of aromatic nitrogens is 1. The highest BCUT2D eigenvalue weighted by Crippen LogP contribution is 2.26. The minimum atomic E-state index is 0.444. The van der Waals surface area contributed by atoms with E-state index in [9.17, 15) is 0 Å². The quantitative estimate of drug-likeness (QED) is 0.716. The second-order valence-corrected chi connectivity index (χ2v) is 5.34. The molecule has 0 saturated carbocycles. The van der Waals surface area contributed by atoms with Gasteiger partial charge in [0.2, 0.25) is 0 Å². The number of nitrogens with zero attached hydrogens (tertiary/aromatic N) is 1. The van der Waals surface area contributed by atoms with Crippen LogP contribution in [0.2, 0.25) is 0 Å². The monoisotopic (exact) mass is 385 g/mol. The van der Waals surface area contributed by atoms with E-state index in [2.05, 4.69) is 36.8 Å². The van der Waals surface area contributed by atoms with Gasteiger partial charge in [0.15, 0.2) is 0 Å². The summed E-state index contributed by atoms with van der Waals surface area (Å²) in [6.07, 6.45) is 1.76. The summed E-state index contributed by atoms with van der Waals surface area (Å²) < 4.78 is 11.9. The van der Waals surface area contributed by atoms with E-state index in [0.29, 0.717) is 11.9 Å². The van der Waals surface area contributed by atoms with Crippen LogP contribution in [0.4, 0.5) is 0 Å². The van der Waals surface area contributed by atoms with E-state index in [1.54, 1.807) is 13.3 Å². The predicted octanol–water partition coefficient (Wildman–Crippen LogP) is 4.33. The van der Waals surface area contributed by atoms with Crippen LogP contribution in [0.25, 0.3) is 0 Å². The van der Waals surface area contributed by atoms with E-state index in [1.165, 1.54) is 0 Å². The van der Waals surface area contributed by atoms with Gasteiger partial charge in [-0.05, 0) is 46.3 Å². The van der Waals surface area contributed by atoms with Gasteiger partial charge < -0.3 is 9.47 Å². The topological polar surface area (TPSA) is 31.4 Å². The Morgan fingerprint density at radius 2 is 2.05 bits per heavy atom. The third kappa shape index (κ3) is 3.94. The fraction of sp³-hybridized carbons (Fsp3) is 0.214. The van der Waals surface area contributed by atoms with Crippen LogP contribution in [0.15, 0.2) is 41.0 Å². The van der Waals surface area contributed by atoms with Gasteiger partial charge in [0.1, 0.15) is 18.1 Å². The summed E-state index contributed by atoms with van der Waals surface area (Å²) in [6, 6.07) is 9.64. The molecular weight excluding hydrogens is 374 g/mol. The van der Waals surface area contributed by atoms with Gasteiger partial charge in [0.25, 0.3) is 0 Å². The molecule has 19 heavy (non-hydrogen) atoms. The molecule has 2 rings (SSSR count). The van der Waals surface area contributed by atoms with Crippen molar-refractivity contribution in [3.8, 4) is 11.5 Å². The highest BCUT2D eigenvalue weighted by atomic mass is 79.9. The summed E-state index contributed by atoms with van der Waals surface area (Å²) in [4.78, 5) is 4.27. The van der Waals surface area contributed by atoms with E-state index in [1.807, 2.05) is 30.3 Å². The number of alkyl halides is 1. The lowest BCUT2D eigenvalue weighted by atomic mass is 10.2. The van der Waals surface area contributed by atoms with Crippen molar-refractivity contribution in [3.63, 3.8) is 0 Å². The molecule has 0 spiro atoms. The molecule has 0 fully saturated rings. The molecule has 1 heterocycles. The number of hydrogen-bond acceptors (Lipinski definition) is 3. The van der Waals surface area contributed by atoms with Gasteiger partial charge in [-0.2, -0.15) is 0 Å². The number of ether oxygens (including phenoxy) is 2. The lowest BCUT2D eigenvalue weighted by Gasteiger charge is -2.11. The highest BCUT2D eigenvalue weighted by molar-refractivity contribution is 9.10. The molecule has 0 saturated heterocycles. The Morgan fingerprint density at radius 3 is 2.68 bits per heavy atom. The first kappa shape index (κ1) is 14.3. The Kier molecular flexibility index (Phi) is 5.22. The first-order valence-electron chi connectivity index (χ1n) is 5.69. The SMILES string of the molecule is COc1ccc(OCc2ccc(Br)cn2)c(CBr)c1. The van der Waals surface area contributed by atoms with Crippen molar-refractivity contribution in [2.24, 2.45) is 0 Å². The van der Waals surface area contributed by atoms with Crippen molar-refractivity contribution < 1.29 is 9.47 Å². The normalized spacial score (nSPS) is 10.3. The number of pyridine rings is 1. The third-order valence-electron chi connectivity index (χ3n) is 2.58. The summed E-state index contributed by atoms with van der Waals surface area (Å²) in [6.45, 7) is 0.444. The van der Waals surface area contributed by atoms with Gasteiger partial charge in [-0.3, -0.25) is 4.98 Å². The molecule has 0 aliphatic rings. The van der Waals surface area contributed by atoms with Crippen LogP contribution in [0, 0.1) is 0 Å². The second-order valence-electron chi connectivity index (χ2n) is 3.86. The Balaban J connectivity index is 2.08. The third-order valence-corrected chi connectivity index (χ3v) is 3.65. The van der Waals surface area contributed by atoms with E-state index in [-0.39, 0.29) is 0 Å². The van der Waals surface area contributed by atoms with E-state index < -0.39 is 0 Å². The van der Waals surface area contributed by atoms with Crippen LogP contribution in [0.5, 0.6) is 11.5 Å². The smallest absolute Gasteiger partial charge is 0.130 e. The number of methoxy groups -OCH3 is 1. The Morgan fingerprint density at radius 1 is 1.21 bits per heavy atom. The van der Waals surface area contributed by atoms with Gasteiger partial charge in [0, 0.05) is 21.6 Å². The fourth-order valence-electron chi connectivity index (χ4n) is 1.57. The van der Waals surface area contributed by atoms with Crippen LogP contribution in [0.3, 0.4) is 0 Å². The molecular formula is C14H13Br2NO2. The molecule has 5 heteroatoms. The zero-order chi connectivity index (χ0) is 13.7. The summed E-state index contributed by atoms with van der Waals surface area (Å²) in [7, 11) is 1.65. The molecule has 1 aromatic carbocycles. The van der Waals surface area contributed by atoms with Crippen molar-refractivity contribution in [2.45, 2.75) is 11.9 Å². The number of hydrogen-bond donors (Lipinski definition) is 0. The lowest BCUT2D eigenvalue weighted by Crippen LogP contribution is -2.00. The van der Waals surface area contributed by atoms with E-state index in [0.717, 1.165) is 27.2 Å². The van der Waals surface area contributed by atoms with Gasteiger partial charge in [0.05, 0.1) is 12.8 Å². The van der Waals surface area contributed by atoms with Gasteiger partial charge >= 0.3 is 0 Å². The Labute approximate surface area is 129 Å². The van der Waals surface area contributed by atoms with Crippen molar-refractivity contribution in [1.29, 1.82) is 0 Å². The number of benzene rings is 1. The number of rotatable bonds is 5. The molecule has 100 valence electrons. The number of halogens is 2. The summed E-state index contributed by atoms with van der Waals surface area (Å²) in [5.74, 6) is 1.66. The van der Waals surface area contributed by atoms with Gasteiger partial charge in [-0.15, -0.1) is 0 Å². The first-order valence-corrected chi connectivity index (χ1v) is 7.60. The van der Waals surface area contributed by atoms with Crippen molar-refractivity contribution >= 4 is 31.9 Å². The molecule has 1 aromatic heterocycles. The highest BCUT2D eigenvalue weighted by Gasteiger charge is 2.05. The molecule has 0 bridgehead atoms. The molecule has 2 aromatic rings.